The highest BCUT2D eigenvalue weighted by Gasteiger charge is 2.47. The topological polar surface area (TPSA) is 72.5 Å². The third-order valence-electron chi connectivity index (χ3n) is 3.92. The molecule has 0 aromatic rings. The molecule has 1 saturated heterocycles. The van der Waals surface area contributed by atoms with Crippen molar-refractivity contribution in [2.24, 2.45) is 11.8 Å². The number of amides is 1. The predicted octanol–water partition coefficient (Wildman–Crippen LogP) is 1.20. The molecule has 0 saturated carbocycles. The Labute approximate surface area is 122 Å². The summed E-state index contributed by atoms with van der Waals surface area (Å²) < 4.78 is 5.00. The minimum absolute atomic E-state index is 0.0850. The Hall–Kier alpha value is -1.36. The molecule has 110 valence electrons. The van der Waals surface area contributed by atoms with Crippen molar-refractivity contribution in [3.8, 4) is 0 Å². The Balaban J connectivity index is 2.14. The first-order valence-corrected chi connectivity index (χ1v) is 7.38. The number of halogens is 1. The Morgan fingerprint density at radius 2 is 2.35 bits per heavy atom. The number of hydrogen-bond acceptors (Lipinski definition) is 4. The molecule has 5 nitrogen and oxygen atoms in total. The number of alkyl halides is 1. The number of rotatable bonds is 6. The van der Waals surface area contributed by atoms with Gasteiger partial charge >= 0.3 is 0 Å². The van der Waals surface area contributed by atoms with Crippen molar-refractivity contribution in [1.29, 1.82) is 0 Å². The number of allylic oxidation sites excluding steroid dienone is 2. The fraction of sp³-hybridized carbons (Fsp3) is 0.643. The van der Waals surface area contributed by atoms with E-state index in [4.69, 9.17) is 16.3 Å². The van der Waals surface area contributed by atoms with Gasteiger partial charge in [-0.15, -0.1) is 11.6 Å². The average molecular weight is 300 g/mol. The van der Waals surface area contributed by atoms with Gasteiger partial charge in [0.25, 0.3) is 6.47 Å². The smallest absolute Gasteiger partial charge is 0.293 e. The van der Waals surface area contributed by atoms with Crippen LogP contribution in [0.5, 0.6) is 0 Å². The van der Waals surface area contributed by atoms with Gasteiger partial charge in [-0.1, -0.05) is 12.2 Å². The molecular formula is C14H18ClNO4. The number of carbonyl (C=O) groups excluding carboxylic acids is 3. The van der Waals surface area contributed by atoms with E-state index in [0.717, 1.165) is 19.3 Å². The van der Waals surface area contributed by atoms with E-state index in [9.17, 15) is 14.4 Å². The zero-order chi connectivity index (χ0) is 14.5. The normalized spacial score (nSPS) is 32.8. The standard InChI is InChI=1S/C14H18ClNO4/c15-7-6-10-13(20-8-17)11(16-14(10)19)12(18)9-4-2-1-3-5-9/h2,4,8-11,13H,1,3,5-7H2,(H,16,19)/t9-,10-,11-,13+/m1/s1. The van der Waals surface area contributed by atoms with Crippen LogP contribution in [0.15, 0.2) is 12.2 Å². The molecule has 4 atom stereocenters. The molecule has 0 unspecified atom stereocenters. The van der Waals surface area contributed by atoms with Crippen LogP contribution in [0.1, 0.15) is 25.7 Å². The predicted molar refractivity (Wildman–Crippen MR) is 73.2 cm³/mol. The van der Waals surface area contributed by atoms with Gasteiger partial charge in [0, 0.05) is 11.8 Å². The minimum atomic E-state index is -0.756. The summed E-state index contributed by atoms with van der Waals surface area (Å²) in [4.78, 5) is 35.0. The van der Waals surface area contributed by atoms with Gasteiger partial charge in [0.15, 0.2) is 5.78 Å². The summed E-state index contributed by atoms with van der Waals surface area (Å²) in [5, 5.41) is 2.66. The van der Waals surface area contributed by atoms with E-state index in [1.165, 1.54) is 0 Å². The zero-order valence-electron chi connectivity index (χ0n) is 11.1. The second-order valence-electron chi connectivity index (χ2n) is 5.14. The maximum absolute atomic E-state index is 12.5. The lowest BCUT2D eigenvalue weighted by Gasteiger charge is -2.23. The van der Waals surface area contributed by atoms with Gasteiger partial charge in [-0.2, -0.15) is 0 Å². The number of carbonyl (C=O) groups is 3. The van der Waals surface area contributed by atoms with Gasteiger partial charge in [0.05, 0.1) is 5.92 Å². The third kappa shape index (κ3) is 3.03. The number of ether oxygens (including phenoxy) is 1. The van der Waals surface area contributed by atoms with Crippen LogP contribution in [0.25, 0.3) is 0 Å². The molecule has 0 aromatic heterocycles. The van der Waals surface area contributed by atoms with E-state index in [0.29, 0.717) is 12.9 Å². The SMILES string of the molecule is O=CO[C@@H]1[C@@H](C(=O)[C@@H]2C=CCCC2)NC(=O)[C@@H]1CCCl. The van der Waals surface area contributed by atoms with Gasteiger partial charge in [0.1, 0.15) is 12.1 Å². The summed E-state index contributed by atoms with van der Waals surface area (Å²) in [6.45, 7) is 0.295. The van der Waals surface area contributed by atoms with Crippen molar-refractivity contribution in [2.75, 3.05) is 5.88 Å². The Morgan fingerprint density at radius 3 is 2.95 bits per heavy atom. The molecule has 20 heavy (non-hydrogen) atoms. The van der Waals surface area contributed by atoms with E-state index in [2.05, 4.69) is 5.32 Å². The summed E-state index contributed by atoms with van der Waals surface area (Å²) in [5.74, 6) is -0.823. The summed E-state index contributed by atoms with van der Waals surface area (Å²) in [6.07, 6.45) is 6.20. The van der Waals surface area contributed by atoms with Gasteiger partial charge < -0.3 is 10.1 Å². The molecule has 1 N–H and O–H groups in total. The highest BCUT2D eigenvalue weighted by molar-refractivity contribution is 6.18. The molecule has 2 rings (SSSR count). The van der Waals surface area contributed by atoms with Crippen molar-refractivity contribution in [1.82, 2.24) is 5.32 Å². The summed E-state index contributed by atoms with van der Waals surface area (Å²) in [6, 6.07) is -0.756. The van der Waals surface area contributed by atoms with E-state index in [1.807, 2.05) is 12.2 Å². The summed E-state index contributed by atoms with van der Waals surface area (Å²) in [7, 11) is 0. The highest BCUT2D eigenvalue weighted by atomic mass is 35.5. The highest BCUT2D eigenvalue weighted by Crippen LogP contribution is 2.28. The molecule has 6 heteroatoms. The van der Waals surface area contributed by atoms with Crippen molar-refractivity contribution < 1.29 is 19.1 Å². The Kier molecular flexibility index (Phi) is 5.17. The van der Waals surface area contributed by atoms with Crippen LogP contribution < -0.4 is 5.32 Å². The first kappa shape index (κ1) is 15.0. The lowest BCUT2D eigenvalue weighted by atomic mass is 9.86. The first-order valence-electron chi connectivity index (χ1n) is 6.85. The number of Topliss-reactive ketones (excluding diaryl/α,β-unsaturated/α-hetero) is 1. The van der Waals surface area contributed by atoms with Crippen LogP contribution in [0.2, 0.25) is 0 Å². The van der Waals surface area contributed by atoms with Crippen LogP contribution in [-0.2, 0) is 19.1 Å². The molecule has 1 heterocycles. The van der Waals surface area contributed by atoms with Crippen molar-refractivity contribution in [2.45, 2.75) is 37.8 Å². The molecule has 1 aliphatic carbocycles. The van der Waals surface area contributed by atoms with E-state index < -0.39 is 18.1 Å². The molecular weight excluding hydrogens is 282 g/mol. The van der Waals surface area contributed by atoms with Crippen LogP contribution in [-0.4, -0.2) is 36.2 Å². The number of nitrogens with one attached hydrogen (secondary N) is 1. The second kappa shape index (κ2) is 6.88. The summed E-state index contributed by atoms with van der Waals surface area (Å²) in [5.41, 5.74) is 0. The van der Waals surface area contributed by atoms with Gasteiger partial charge in [-0.3, -0.25) is 14.4 Å². The fourth-order valence-corrected chi connectivity index (χ4v) is 3.12. The van der Waals surface area contributed by atoms with Crippen molar-refractivity contribution in [3.63, 3.8) is 0 Å². The monoisotopic (exact) mass is 299 g/mol. The quantitative estimate of drug-likeness (QED) is 0.454. The van der Waals surface area contributed by atoms with Gasteiger partial charge in [0.2, 0.25) is 5.91 Å². The summed E-state index contributed by atoms with van der Waals surface area (Å²) >= 11 is 5.67. The maximum Gasteiger partial charge on any atom is 0.293 e. The zero-order valence-corrected chi connectivity index (χ0v) is 11.8. The van der Waals surface area contributed by atoms with Crippen LogP contribution in [0.3, 0.4) is 0 Å². The fourth-order valence-electron chi connectivity index (χ4n) is 2.89. The van der Waals surface area contributed by atoms with Crippen molar-refractivity contribution >= 4 is 29.8 Å². The first-order chi connectivity index (χ1) is 9.69. The van der Waals surface area contributed by atoms with Crippen LogP contribution in [0, 0.1) is 11.8 Å². The molecule has 1 fully saturated rings. The van der Waals surface area contributed by atoms with E-state index in [1.54, 1.807) is 0 Å². The van der Waals surface area contributed by atoms with E-state index >= 15 is 0 Å². The number of ketones is 1. The maximum atomic E-state index is 12.5. The molecule has 0 aromatic carbocycles. The largest absolute Gasteiger partial charge is 0.461 e. The van der Waals surface area contributed by atoms with Crippen LogP contribution >= 0.6 is 11.6 Å². The molecule has 1 amide bonds. The Bertz CT molecular complexity index is 423. The van der Waals surface area contributed by atoms with Crippen LogP contribution in [0.4, 0.5) is 0 Å². The van der Waals surface area contributed by atoms with Gasteiger partial charge in [-0.05, 0) is 25.7 Å². The van der Waals surface area contributed by atoms with E-state index in [-0.39, 0.29) is 23.5 Å². The van der Waals surface area contributed by atoms with Crippen molar-refractivity contribution in [3.05, 3.63) is 12.2 Å². The minimum Gasteiger partial charge on any atom is -0.461 e. The number of hydrogen-bond donors (Lipinski definition) is 1. The Morgan fingerprint density at radius 1 is 1.55 bits per heavy atom. The molecule has 0 bridgehead atoms. The molecule has 0 radical (unpaired) electrons. The third-order valence-corrected chi connectivity index (χ3v) is 4.14. The molecule has 2 aliphatic rings. The molecule has 0 spiro atoms. The lowest BCUT2D eigenvalue weighted by molar-refractivity contribution is -0.139. The molecule has 1 aliphatic heterocycles. The van der Waals surface area contributed by atoms with Gasteiger partial charge in [-0.25, -0.2) is 0 Å². The average Bonchev–Trinajstić information content (AvgIpc) is 2.77. The lowest BCUT2D eigenvalue weighted by Crippen LogP contribution is -2.44. The second-order valence-corrected chi connectivity index (χ2v) is 5.51.